The summed E-state index contributed by atoms with van der Waals surface area (Å²) in [5.74, 6) is -0.255. The zero-order valence-electron chi connectivity index (χ0n) is 13.0. The summed E-state index contributed by atoms with van der Waals surface area (Å²) in [6.45, 7) is 0.208. The van der Waals surface area contributed by atoms with E-state index in [1.165, 1.54) is 18.1 Å². The van der Waals surface area contributed by atoms with Crippen LogP contribution in [0.5, 0.6) is 5.88 Å². The Hall–Kier alpha value is -1.34. The van der Waals surface area contributed by atoms with E-state index in [1.54, 1.807) is 0 Å². The zero-order chi connectivity index (χ0) is 16.8. The van der Waals surface area contributed by atoms with Gasteiger partial charge in [0.2, 0.25) is 0 Å². The van der Waals surface area contributed by atoms with Gasteiger partial charge in [-0.05, 0) is 11.6 Å². The van der Waals surface area contributed by atoms with E-state index in [-0.39, 0.29) is 54.9 Å². The van der Waals surface area contributed by atoms with Crippen LogP contribution in [0.15, 0.2) is 10.6 Å². The zero-order valence-corrected chi connectivity index (χ0v) is 15.8. The first-order chi connectivity index (χ1) is 10.8. The van der Waals surface area contributed by atoms with Gasteiger partial charge in [-0.1, -0.05) is 0 Å². The van der Waals surface area contributed by atoms with Crippen LogP contribution in [0, 0.1) is 0 Å². The molecule has 0 bridgehead atoms. The molecule has 1 aromatic rings. The topological polar surface area (TPSA) is 145 Å². The summed E-state index contributed by atoms with van der Waals surface area (Å²) in [6.07, 6.45) is 0.238. The molecular formula is C11H13N4NaO7S. The van der Waals surface area contributed by atoms with Crippen LogP contribution >= 0.6 is 0 Å². The molecular weight excluding hydrogens is 355 g/mol. The van der Waals surface area contributed by atoms with Crippen molar-refractivity contribution in [3.05, 3.63) is 11.8 Å². The standard InChI is InChI=1S/C11H14N4O7S.Na/c1-21-8-4-6(22-13-8)5-12-11(17)14-3-2-7-9(14)10(16)15(7)23(18,19)20;/h4,7,9H,2-3,5H2,1H3,(H,12,17)(H,18,19,20);/q;+1/p-1/t7-,9+;/m1./s1. The Morgan fingerprint density at radius 1 is 1.58 bits per heavy atom. The summed E-state index contributed by atoms with van der Waals surface area (Å²) in [4.78, 5) is 25.1. The van der Waals surface area contributed by atoms with Crippen LogP contribution in [-0.4, -0.2) is 65.0 Å². The molecule has 13 heteroatoms. The van der Waals surface area contributed by atoms with Gasteiger partial charge in [-0.25, -0.2) is 17.5 Å². The number of methoxy groups -OCH3 is 1. The fourth-order valence-corrected chi connectivity index (χ4v) is 3.65. The largest absolute Gasteiger partial charge is 1.00 e. The summed E-state index contributed by atoms with van der Waals surface area (Å²) in [6, 6.07) is -0.749. The van der Waals surface area contributed by atoms with E-state index in [9.17, 15) is 22.6 Å². The Labute approximate surface area is 159 Å². The molecule has 3 heterocycles. The van der Waals surface area contributed by atoms with Gasteiger partial charge in [0.1, 0.15) is 6.04 Å². The molecule has 2 fully saturated rings. The van der Waals surface area contributed by atoms with Gasteiger partial charge < -0.3 is 24.0 Å². The maximum Gasteiger partial charge on any atom is 1.00 e. The normalized spacial score (nSPS) is 22.5. The van der Waals surface area contributed by atoms with Gasteiger partial charge >= 0.3 is 35.6 Å². The summed E-state index contributed by atoms with van der Waals surface area (Å²) < 4.78 is 43.0. The average molecular weight is 368 g/mol. The van der Waals surface area contributed by atoms with Crippen molar-refractivity contribution < 1.29 is 61.4 Å². The third-order valence-electron chi connectivity index (χ3n) is 3.80. The average Bonchev–Trinajstić information content (AvgIpc) is 3.07. The molecule has 2 atom stereocenters. The molecule has 126 valence electrons. The van der Waals surface area contributed by atoms with Crippen molar-refractivity contribution in [2.75, 3.05) is 13.7 Å². The van der Waals surface area contributed by atoms with Gasteiger partial charge in [0.15, 0.2) is 16.1 Å². The van der Waals surface area contributed by atoms with Gasteiger partial charge in [0, 0.05) is 12.6 Å². The fourth-order valence-electron chi connectivity index (χ4n) is 2.77. The molecule has 0 unspecified atom stereocenters. The second kappa shape index (κ2) is 6.88. The molecule has 0 spiro atoms. The predicted molar refractivity (Wildman–Crippen MR) is 70.7 cm³/mol. The van der Waals surface area contributed by atoms with Crippen LogP contribution in [-0.2, 0) is 21.6 Å². The predicted octanol–water partition coefficient (Wildman–Crippen LogP) is -4.36. The molecule has 2 saturated heterocycles. The van der Waals surface area contributed by atoms with E-state index >= 15 is 0 Å². The van der Waals surface area contributed by atoms with Crippen LogP contribution in [0.2, 0.25) is 0 Å². The van der Waals surface area contributed by atoms with Crippen molar-refractivity contribution in [1.82, 2.24) is 19.7 Å². The molecule has 2 aliphatic rings. The molecule has 3 rings (SSSR count). The molecule has 0 aromatic carbocycles. The first-order valence-corrected chi connectivity index (χ1v) is 8.02. The monoisotopic (exact) mass is 368 g/mol. The van der Waals surface area contributed by atoms with Gasteiger partial charge in [0.05, 0.1) is 19.7 Å². The number of ether oxygens (including phenoxy) is 1. The van der Waals surface area contributed by atoms with Crippen LogP contribution < -0.4 is 39.6 Å². The number of rotatable bonds is 4. The van der Waals surface area contributed by atoms with E-state index in [1.807, 2.05) is 0 Å². The Kier molecular flexibility index (Phi) is 5.44. The number of carbonyl (C=O) groups excluding carboxylic acids is 2. The van der Waals surface area contributed by atoms with Crippen molar-refractivity contribution in [3.63, 3.8) is 0 Å². The Morgan fingerprint density at radius 3 is 2.88 bits per heavy atom. The molecule has 0 radical (unpaired) electrons. The molecule has 2 aliphatic heterocycles. The number of nitrogens with zero attached hydrogens (tertiary/aromatic N) is 3. The Bertz CT molecular complexity index is 751. The minimum atomic E-state index is -4.84. The van der Waals surface area contributed by atoms with Crippen molar-refractivity contribution in [1.29, 1.82) is 0 Å². The number of aromatic nitrogens is 1. The molecule has 11 nitrogen and oxygen atoms in total. The van der Waals surface area contributed by atoms with Crippen molar-refractivity contribution in [2.45, 2.75) is 25.0 Å². The van der Waals surface area contributed by atoms with Crippen molar-refractivity contribution in [2.24, 2.45) is 0 Å². The van der Waals surface area contributed by atoms with Gasteiger partial charge in [-0.3, -0.25) is 4.79 Å². The quantitative estimate of drug-likeness (QED) is 0.319. The third-order valence-corrected chi connectivity index (χ3v) is 4.73. The van der Waals surface area contributed by atoms with Crippen LogP contribution in [0.3, 0.4) is 0 Å². The molecule has 0 saturated carbocycles. The van der Waals surface area contributed by atoms with Gasteiger partial charge in [-0.15, -0.1) is 0 Å². The summed E-state index contributed by atoms with van der Waals surface area (Å²) in [7, 11) is -3.42. The van der Waals surface area contributed by atoms with Gasteiger partial charge in [0.25, 0.3) is 11.8 Å². The number of β-lactam (4-membered cyclic amide) rings is 1. The van der Waals surface area contributed by atoms with Crippen LogP contribution in [0.4, 0.5) is 4.79 Å². The SMILES string of the molecule is COc1cc(CNC(=O)N2CC[C@@H]3[C@H]2C(=O)N3S(=O)(=O)[O-])on1.[Na+]. The Balaban J connectivity index is 0.00000208. The minimum Gasteiger partial charge on any atom is -0.731 e. The van der Waals surface area contributed by atoms with Crippen molar-refractivity contribution >= 4 is 22.2 Å². The van der Waals surface area contributed by atoms with E-state index < -0.39 is 34.3 Å². The second-order valence-electron chi connectivity index (χ2n) is 5.08. The summed E-state index contributed by atoms with van der Waals surface area (Å²) in [5, 5.41) is 6.11. The maximum atomic E-state index is 12.1. The minimum absolute atomic E-state index is 0. The fraction of sp³-hybridized carbons (Fsp3) is 0.545. The number of nitrogens with one attached hydrogen (secondary N) is 1. The number of likely N-dealkylation sites (tertiary alicyclic amines) is 1. The van der Waals surface area contributed by atoms with E-state index in [2.05, 4.69) is 10.5 Å². The molecule has 3 amide bonds. The smallest absolute Gasteiger partial charge is 0.731 e. The van der Waals surface area contributed by atoms with Crippen LogP contribution in [0.1, 0.15) is 12.2 Å². The third kappa shape index (κ3) is 3.24. The Morgan fingerprint density at radius 2 is 2.29 bits per heavy atom. The van der Waals surface area contributed by atoms with E-state index in [4.69, 9.17) is 9.26 Å². The number of urea groups is 1. The summed E-state index contributed by atoms with van der Waals surface area (Å²) in [5.41, 5.74) is 0. The van der Waals surface area contributed by atoms with Crippen LogP contribution in [0.25, 0.3) is 0 Å². The van der Waals surface area contributed by atoms with E-state index in [0.717, 1.165) is 0 Å². The molecule has 0 aliphatic carbocycles. The number of carbonyl (C=O) groups is 2. The van der Waals surface area contributed by atoms with E-state index in [0.29, 0.717) is 10.1 Å². The first kappa shape index (κ1) is 19.0. The summed E-state index contributed by atoms with van der Waals surface area (Å²) >= 11 is 0. The number of hydrogen-bond acceptors (Lipinski definition) is 8. The van der Waals surface area contributed by atoms with Crippen molar-refractivity contribution in [3.8, 4) is 5.88 Å². The second-order valence-corrected chi connectivity index (χ2v) is 6.33. The van der Waals surface area contributed by atoms with Gasteiger partial charge in [-0.2, -0.15) is 0 Å². The number of amides is 3. The first-order valence-electron chi connectivity index (χ1n) is 6.66. The molecule has 1 aromatic heterocycles. The maximum absolute atomic E-state index is 12.1. The molecule has 1 N–H and O–H groups in total. The number of fused-ring (bicyclic) bond motifs is 1. The molecule has 24 heavy (non-hydrogen) atoms. The number of hydrogen-bond donors (Lipinski definition) is 1.